The van der Waals surface area contributed by atoms with Crippen molar-refractivity contribution < 1.29 is 5.11 Å². The van der Waals surface area contributed by atoms with Crippen LogP contribution in [0.2, 0.25) is 0 Å². The molecule has 0 aromatic rings. The highest BCUT2D eigenvalue weighted by Gasteiger charge is 2.23. The lowest BCUT2D eigenvalue weighted by Gasteiger charge is -2.24. The lowest BCUT2D eigenvalue weighted by atomic mass is 10.0. The standard InChI is InChI=1S/C14H29NOS/c1-11(10-17-14(2,3)4)15-9-13(16)12-7-5-6-8-12/h11-13,15-16H,5-10H2,1-4H3. The first-order valence-electron chi connectivity index (χ1n) is 6.94. The molecule has 1 aliphatic carbocycles. The Morgan fingerprint density at radius 3 is 2.41 bits per heavy atom. The summed E-state index contributed by atoms with van der Waals surface area (Å²) >= 11 is 1.98. The first kappa shape index (κ1) is 15.3. The minimum atomic E-state index is -0.139. The highest BCUT2D eigenvalue weighted by molar-refractivity contribution is 8.00. The van der Waals surface area contributed by atoms with Crippen LogP contribution in [0.15, 0.2) is 0 Å². The van der Waals surface area contributed by atoms with Crippen molar-refractivity contribution in [1.82, 2.24) is 5.32 Å². The molecule has 2 atom stereocenters. The third kappa shape index (κ3) is 6.68. The topological polar surface area (TPSA) is 32.3 Å². The van der Waals surface area contributed by atoms with Crippen LogP contribution in [-0.2, 0) is 0 Å². The number of hydrogen-bond donors (Lipinski definition) is 2. The van der Waals surface area contributed by atoms with Gasteiger partial charge >= 0.3 is 0 Å². The van der Waals surface area contributed by atoms with E-state index in [9.17, 15) is 5.11 Å². The molecule has 17 heavy (non-hydrogen) atoms. The van der Waals surface area contributed by atoms with Crippen molar-refractivity contribution in [2.45, 2.75) is 70.3 Å². The van der Waals surface area contributed by atoms with Crippen LogP contribution in [0.25, 0.3) is 0 Å². The van der Waals surface area contributed by atoms with Crippen molar-refractivity contribution in [3.63, 3.8) is 0 Å². The van der Waals surface area contributed by atoms with E-state index in [0.29, 0.717) is 16.7 Å². The summed E-state index contributed by atoms with van der Waals surface area (Å²) in [6.07, 6.45) is 4.90. The van der Waals surface area contributed by atoms with Crippen LogP contribution in [-0.4, -0.2) is 34.3 Å². The quantitative estimate of drug-likeness (QED) is 0.769. The van der Waals surface area contributed by atoms with Gasteiger partial charge in [-0.1, -0.05) is 33.6 Å². The van der Waals surface area contributed by atoms with Crippen LogP contribution in [0, 0.1) is 5.92 Å². The van der Waals surface area contributed by atoms with Crippen molar-refractivity contribution in [2.24, 2.45) is 5.92 Å². The SMILES string of the molecule is CC(CSC(C)(C)C)NCC(O)C1CCCC1. The monoisotopic (exact) mass is 259 g/mol. The highest BCUT2D eigenvalue weighted by atomic mass is 32.2. The molecule has 2 nitrogen and oxygen atoms in total. The van der Waals surface area contributed by atoms with E-state index >= 15 is 0 Å². The van der Waals surface area contributed by atoms with E-state index in [-0.39, 0.29) is 6.10 Å². The Bertz CT molecular complexity index is 209. The second kappa shape index (κ2) is 7.01. The van der Waals surface area contributed by atoms with Gasteiger partial charge in [0.15, 0.2) is 0 Å². The molecule has 0 aromatic heterocycles. The summed E-state index contributed by atoms with van der Waals surface area (Å²) in [5.74, 6) is 1.66. The normalized spacial score (nSPS) is 21.7. The summed E-state index contributed by atoms with van der Waals surface area (Å²) in [7, 11) is 0. The van der Waals surface area contributed by atoms with Gasteiger partial charge < -0.3 is 10.4 Å². The second-order valence-electron chi connectivity index (χ2n) is 6.34. The van der Waals surface area contributed by atoms with E-state index in [4.69, 9.17) is 0 Å². The fourth-order valence-electron chi connectivity index (χ4n) is 2.26. The van der Waals surface area contributed by atoms with E-state index < -0.39 is 0 Å². The van der Waals surface area contributed by atoms with Crippen molar-refractivity contribution in [1.29, 1.82) is 0 Å². The van der Waals surface area contributed by atoms with E-state index in [1.807, 2.05) is 11.8 Å². The minimum absolute atomic E-state index is 0.139. The second-order valence-corrected chi connectivity index (χ2v) is 8.19. The Labute approximate surface area is 111 Å². The molecule has 2 N–H and O–H groups in total. The zero-order valence-corrected chi connectivity index (χ0v) is 12.6. The van der Waals surface area contributed by atoms with Crippen LogP contribution in [0.5, 0.6) is 0 Å². The fourth-order valence-corrected chi connectivity index (χ4v) is 3.13. The van der Waals surface area contributed by atoms with Crippen molar-refractivity contribution in [3.05, 3.63) is 0 Å². The van der Waals surface area contributed by atoms with Crippen LogP contribution >= 0.6 is 11.8 Å². The zero-order valence-electron chi connectivity index (χ0n) is 11.8. The smallest absolute Gasteiger partial charge is 0.0692 e. The van der Waals surface area contributed by atoms with Gasteiger partial charge in [-0.2, -0.15) is 11.8 Å². The third-order valence-corrected chi connectivity index (χ3v) is 4.92. The third-order valence-electron chi connectivity index (χ3n) is 3.39. The van der Waals surface area contributed by atoms with Crippen LogP contribution in [0.4, 0.5) is 0 Å². The van der Waals surface area contributed by atoms with Crippen molar-refractivity contribution in [2.75, 3.05) is 12.3 Å². The minimum Gasteiger partial charge on any atom is -0.392 e. The Morgan fingerprint density at radius 1 is 1.29 bits per heavy atom. The summed E-state index contributed by atoms with van der Waals surface area (Å²) in [5.41, 5.74) is 0. The number of rotatable bonds is 6. The molecular weight excluding hydrogens is 230 g/mol. The lowest BCUT2D eigenvalue weighted by molar-refractivity contribution is 0.107. The molecule has 0 bridgehead atoms. The molecular formula is C14H29NOS. The number of nitrogens with one attached hydrogen (secondary N) is 1. The molecule has 0 amide bonds. The summed E-state index contributed by atoms with van der Waals surface area (Å²) in [5, 5.41) is 13.5. The van der Waals surface area contributed by atoms with Crippen LogP contribution in [0.3, 0.4) is 0 Å². The molecule has 1 saturated carbocycles. The highest BCUT2D eigenvalue weighted by Crippen LogP contribution is 2.27. The van der Waals surface area contributed by atoms with Gasteiger partial charge in [0.2, 0.25) is 0 Å². The summed E-state index contributed by atoms with van der Waals surface area (Å²) in [4.78, 5) is 0. The van der Waals surface area contributed by atoms with Gasteiger partial charge in [-0.25, -0.2) is 0 Å². The number of thioether (sulfide) groups is 1. The van der Waals surface area contributed by atoms with Gasteiger partial charge in [-0.3, -0.25) is 0 Å². The number of hydrogen-bond acceptors (Lipinski definition) is 3. The molecule has 1 aliphatic rings. The van der Waals surface area contributed by atoms with Crippen molar-refractivity contribution in [3.8, 4) is 0 Å². The maximum atomic E-state index is 10.1. The number of aliphatic hydroxyl groups excluding tert-OH is 1. The predicted molar refractivity (Wildman–Crippen MR) is 77.6 cm³/mol. The van der Waals surface area contributed by atoms with Gasteiger partial charge in [-0.05, 0) is 25.7 Å². The van der Waals surface area contributed by atoms with Gasteiger partial charge in [0, 0.05) is 23.1 Å². The Morgan fingerprint density at radius 2 is 1.88 bits per heavy atom. The first-order valence-corrected chi connectivity index (χ1v) is 7.92. The molecule has 3 heteroatoms. The molecule has 0 aromatic carbocycles. The van der Waals surface area contributed by atoms with Gasteiger partial charge in [0.05, 0.1) is 6.10 Å². The van der Waals surface area contributed by atoms with E-state index in [1.54, 1.807) is 0 Å². The van der Waals surface area contributed by atoms with E-state index in [0.717, 1.165) is 12.3 Å². The maximum Gasteiger partial charge on any atom is 0.0692 e. The van der Waals surface area contributed by atoms with E-state index in [2.05, 4.69) is 33.0 Å². The fraction of sp³-hybridized carbons (Fsp3) is 1.00. The van der Waals surface area contributed by atoms with Gasteiger partial charge in [-0.15, -0.1) is 0 Å². The zero-order chi connectivity index (χ0) is 12.9. The summed E-state index contributed by atoms with van der Waals surface area (Å²) in [6, 6.07) is 0.482. The number of aliphatic hydroxyl groups is 1. The molecule has 0 heterocycles. The van der Waals surface area contributed by atoms with Crippen LogP contribution < -0.4 is 5.32 Å². The molecule has 0 saturated heterocycles. The lowest BCUT2D eigenvalue weighted by Crippen LogP contribution is -2.38. The van der Waals surface area contributed by atoms with Crippen LogP contribution in [0.1, 0.15) is 53.4 Å². The summed E-state index contributed by atoms with van der Waals surface area (Å²) < 4.78 is 0.333. The Balaban J connectivity index is 2.12. The first-order chi connectivity index (χ1) is 7.88. The average molecular weight is 259 g/mol. The van der Waals surface area contributed by atoms with E-state index in [1.165, 1.54) is 25.7 Å². The predicted octanol–water partition coefficient (Wildman–Crippen LogP) is 3.05. The molecule has 102 valence electrons. The molecule has 1 fully saturated rings. The summed E-state index contributed by atoms with van der Waals surface area (Å²) in [6.45, 7) is 9.71. The largest absolute Gasteiger partial charge is 0.392 e. The molecule has 1 rings (SSSR count). The average Bonchev–Trinajstić information content (AvgIpc) is 2.75. The Hall–Kier alpha value is 0.270. The Kier molecular flexibility index (Phi) is 6.32. The molecule has 0 spiro atoms. The van der Waals surface area contributed by atoms with Gasteiger partial charge in [0.1, 0.15) is 0 Å². The molecule has 2 unspecified atom stereocenters. The van der Waals surface area contributed by atoms with Gasteiger partial charge in [0.25, 0.3) is 0 Å². The maximum absolute atomic E-state index is 10.1. The van der Waals surface area contributed by atoms with Crippen molar-refractivity contribution >= 4 is 11.8 Å². The molecule has 0 radical (unpaired) electrons. The molecule has 0 aliphatic heterocycles.